The van der Waals surface area contributed by atoms with Gasteiger partial charge in [0.1, 0.15) is 5.70 Å². The molecule has 3 aromatic carbocycles. The number of carbonyl (C=O) groups is 3. The molecule has 0 aliphatic heterocycles. The van der Waals surface area contributed by atoms with Gasteiger partial charge in [-0.2, -0.15) is 0 Å². The molecule has 2 N–H and O–H groups in total. The molecule has 178 valence electrons. The third-order valence-corrected chi connectivity index (χ3v) is 6.13. The zero-order valence-corrected chi connectivity index (χ0v) is 20.6. The molecule has 7 heteroatoms. The zero-order valence-electron chi connectivity index (χ0n) is 19.0. The van der Waals surface area contributed by atoms with Crippen LogP contribution in [0.5, 0.6) is 0 Å². The molecule has 1 heterocycles. The van der Waals surface area contributed by atoms with Crippen molar-refractivity contribution in [3.05, 3.63) is 135 Å². The number of amides is 2. The van der Waals surface area contributed by atoms with Crippen molar-refractivity contribution in [2.45, 2.75) is 0 Å². The normalized spacial score (nSPS) is 11.3. The quantitative estimate of drug-likeness (QED) is 0.203. The molecule has 0 saturated heterocycles. The number of carbonyl (C=O) groups excluding carboxylic acids is 3. The summed E-state index contributed by atoms with van der Waals surface area (Å²) in [5.41, 5.74) is 2.09. The summed E-state index contributed by atoms with van der Waals surface area (Å²) in [5.74, 6) is -1.08. The molecule has 0 atom stereocenters. The number of anilines is 1. The van der Waals surface area contributed by atoms with Gasteiger partial charge in [0, 0.05) is 26.7 Å². The first-order chi connectivity index (χ1) is 17.5. The lowest BCUT2D eigenvalue weighted by Gasteiger charge is -2.12. The molecule has 5 nitrogen and oxygen atoms in total. The van der Waals surface area contributed by atoms with Crippen LogP contribution in [0, 0.1) is 0 Å². The SMILES string of the molecule is O=C(Nc1ccc(C(=O)/C=C/c2cccs2)cc1)/C(=C/c1cccc(Cl)c1)NC(=O)c1ccccc1. The molecule has 0 radical (unpaired) electrons. The minimum atomic E-state index is -0.518. The number of halogens is 1. The summed E-state index contributed by atoms with van der Waals surface area (Å²) in [6.45, 7) is 0. The molecule has 0 spiro atoms. The second-order valence-corrected chi connectivity index (χ2v) is 9.09. The van der Waals surface area contributed by atoms with E-state index in [2.05, 4.69) is 10.6 Å². The molecule has 2 amide bonds. The van der Waals surface area contributed by atoms with Crippen LogP contribution in [0.25, 0.3) is 12.2 Å². The third kappa shape index (κ3) is 6.88. The molecule has 0 aliphatic carbocycles. The number of ketones is 1. The number of allylic oxidation sites excluding steroid dienone is 1. The van der Waals surface area contributed by atoms with Gasteiger partial charge in [-0.05, 0) is 83.8 Å². The van der Waals surface area contributed by atoms with Crippen molar-refractivity contribution in [1.82, 2.24) is 5.32 Å². The van der Waals surface area contributed by atoms with Gasteiger partial charge in [0.2, 0.25) is 0 Å². The van der Waals surface area contributed by atoms with E-state index in [0.717, 1.165) is 4.88 Å². The van der Waals surface area contributed by atoms with Crippen molar-refractivity contribution in [3.8, 4) is 0 Å². The van der Waals surface area contributed by atoms with E-state index in [-0.39, 0.29) is 11.5 Å². The van der Waals surface area contributed by atoms with E-state index in [1.807, 2.05) is 17.5 Å². The average Bonchev–Trinajstić information content (AvgIpc) is 3.41. The fraction of sp³-hybridized carbons (Fsp3) is 0. The summed E-state index contributed by atoms with van der Waals surface area (Å²) in [7, 11) is 0. The Labute approximate surface area is 217 Å². The van der Waals surface area contributed by atoms with Crippen molar-refractivity contribution in [1.29, 1.82) is 0 Å². The highest BCUT2D eigenvalue weighted by molar-refractivity contribution is 7.10. The minimum absolute atomic E-state index is 0.0464. The summed E-state index contributed by atoms with van der Waals surface area (Å²) >= 11 is 7.63. The lowest BCUT2D eigenvalue weighted by Crippen LogP contribution is -2.30. The van der Waals surface area contributed by atoms with Crippen LogP contribution < -0.4 is 10.6 Å². The third-order valence-electron chi connectivity index (χ3n) is 5.06. The molecule has 0 fully saturated rings. The number of rotatable bonds is 8. The Morgan fingerprint density at radius 3 is 2.28 bits per heavy atom. The van der Waals surface area contributed by atoms with Gasteiger partial charge in [-0.15, -0.1) is 11.3 Å². The van der Waals surface area contributed by atoms with Crippen molar-refractivity contribution in [3.63, 3.8) is 0 Å². The molecular formula is C29H21ClN2O3S. The summed E-state index contributed by atoms with van der Waals surface area (Å²) < 4.78 is 0. The van der Waals surface area contributed by atoms with Crippen LogP contribution in [-0.2, 0) is 4.79 Å². The van der Waals surface area contributed by atoms with Gasteiger partial charge in [0.25, 0.3) is 11.8 Å². The molecular weight excluding hydrogens is 492 g/mol. The maximum Gasteiger partial charge on any atom is 0.272 e. The van der Waals surface area contributed by atoms with Crippen molar-refractivity contribution in [2.24, 2.45) is 0 Å². The lowest BCUT2D eigenvalue weighted by molar-refractivity contribution is -0.113. The van der Waals surface area contributed by atoms with Crippen LogP contribution in [0.4, 0.5) is 5.69 Å². The van der Waals surface area contributed by atoms with Gasteiger partial charge in [-0.1, -0.05) is 48.0 Å². The highest BCUT2D eigenvalue weighted by Crippen LogP contribution is 2.17. The second-order valence-electron chi connectivity index (χ2n) is 7.68. The van der Waals surface area contributed by atoms with E-state index in [1.165, 1.54) is 6.08 Å². The Hall–Kier alpha value is -4.26. The number of nitrogens with one attached hydrogen (secondary N) is 2. The van der Waals surface area contributed by atoms with Gasteiger partial charge < -0.3 is 10.6 Å². The van der Waals surface area contributed by atoms with Crippen molar-refractivity contribution < 1.29 is 14.4 Å². The molecule has 36 heavy (non-hydrogen) atoms. The molecule has 4 rings (SSSR count). The number of thiophene rings is 1. The van der Waals surface area contributed by atoms with Crippen molar-refractivity contribution >= 4 is 58.4 Å². The van der Waals surface area contributed by atoms with Crippen molar-refractivity contribution in [2.75, 3.05) is 5.32 Å². The van der Waals surface area contributed by atoms with Crippen LogP contribution in [0.1, 0.15) is 31.2 Å². The van der Waals surface area contributed by atoms with Crippen LogP contribution in [-0.4, -0.2) is 17.6 Å². The molecule has 4 aromatic rings. The fourth-order valence-electron chi connectivity index (χ4n) is 3.26. The van der Waals surface area contributed by atoms with E-state index < -0.39 is 11.8 Å². The Kier molecular flexibility index (Phi) is 8.24. The summed E-state index contributed by atoms with van der Waals surface area (Å²) in [6, 6.07) is 26.0. The van der Waals surface area contributed by atoms with Gasteiger partial charge >= 0.3 is 0 Å². The first kappa shape index (κ1) is 24.9. The van der Waals surface area contributed by atoms with Gasteiger partial charge in [-0.25, -0.2) is 0 Å². The Morgan fingerprint density at radius 1 is 0.806 bits per heavy atom. The van der Waals surface area contributed by atoms with Gasteiger partial charge in [0.05, 0.1) is 0 Å². The second kappa shape index (κ2) is 11.9. The number of benzene rings is 3. The fourth-order valence-corrected chi connectivity index (χ4v) is 4.08. The molecule has 0 unspecified atom stereocenters. The maximum absolute atomic E-state index is 13.1. The van der Waals surface area contributed by atoms with Crippen LogP contribution in [0.3, 0.4) is 0 Å². The maximum atomic E-state index is 13.1. The highest BCUT2D eigenvalue weighted by atomic mass is 35.5. The first-order valence-corrected chi connectivity index (χ1v) is 12.2. The summed E-state index contributed by atoms with van der Waals surface area (Å²) in [6.07, 6.45) is 4.84. The minimum Gasteiger partial charge on any atom is -0.321 e. The van der Waals surface area contributed by atoms with Crippen LogP contribution in [0.2, 0.25) is 5.02 Å². The number of hydrogen-bond acceptors (Lipinski definition) is 4. The Bertz CT molecular complexity index is 1430. The monoisotopic (exact) mass is 512 g/mol. The van der Waals surface area contributed by atoms with E-state index in [4.69, 9.17) is 11.6 Å². The number of hydrogen-bond donors (Lipinski definition) is 2. The van der Waals surface area contributed by atoms with Crippen LogP contribution >= 0.6 is 22.9 Å². The standard InChI is InChI=1S/C29H21ClN2O3S/c30-23-9-4-6-20(18-23)19-26(32-28(34)22-7-2-1-3-8-22)29(35)31-24-13-11-21(12-14-24)27(33)16-15-25-10-5-17-36-25/h1-19H,(H,31,35)(H,32,34)/b16-15+,26-19-. The van der Waals surface area contributed by atoms with Gasteiger partial charge in [-0.3, -0.25) is 14.4 Å². The largest absolute Gasteiger partial charge is 0.321 e. The van der Waals surface area contributed by atoms with E-state index in [9.17, 15) is 14.4 Å². The first-order valence-electron chi connectivity index (χ1n) is 11.0. The molecule has 0 saturated carbocycles. The summed E-state index contributed by atoms with van der Waals surface area (Å²) in [4.78, 5) is 39.3. The molecule has 0 bridgehead atoms. The Balaban J connectivity index is 1.50. The predicted molar refractivity (Wildman–Crippen MR) is 146 cm³/mol. The van der Waals surface area contributed by atoms with E-state index in [0.29, 0.717) is 27.4 Å². The Morgan fingerprint density at radius 2 is 1.58 bits per heavy atom. The average molecular weight is 513 g/mol. The smallest absolute Gasteiger partial charge is 0.272 e. The topological polar surface area (TPSA) is 75.3 Å². The summed E-state index contributed by atoms with van der Waals surface area (Å²) in [5, 5.41) is 7.91. The van der Waals surface area contributed by atoms with Gasteiger partial charge in [0.15, 0.2) is 5.78 Å². The molecule has 1 aromatic heterocycles. The predicted octanol–water partition coefficient (Wildman–Crippen LogP) is 6.71. The van der Waals surface area contributed by atoms with E-state index >= 15 is 0 Å². The van der Waals surface area contributed by atoms with Crippen LogP contribution in [0.15, 0.2) is 108 Å². The lowest BCUT2D eigenvalue weighted by atomic mass is 10.1. The van der Waals surface area contributed by atoms with E-state index in [1.54, 1.807) is 102 Å². The molecule has 0 aliphatic rings. The highest BCUT2D eigenvalue weighted by Gasteiger charge is 2.15. The zero-order chi connectivity index (χ0) is 25.3.